The van der Waals surface area contributed by atoms with Crippen LogP contribution in [0.15, 0.2) is 60.7 Å². The molecule has 0 saturated carbocycles. The molecule has 3 aromatic rings. The number of carbonyl (C=O) groups excluding carboxylic acids is 1. The summed E-state index contributed by atoms with van der Waals surface area (Å²) in [6.45, 7) is 7.62. The fourth-order valence-electron chi connectivity index (χ4n) is 4.61. The summed E-state index contributed by atoms with van der Waals surface area (Å²) >= 11 is 0. The van der Waals surface area contributed by atoms with Crippen molar-refractivity contribution in [2.24, 2.45) is 0 Å². The lowest BCUT2D eigenvalue weighted by molar-refractivity contribution is 0.0409. The van der Waals surface area contributed by atoms with E-state index in [2.05, 4.69) is 53.5 Å². The van der Waals surface area contributed by atoms with Crippen LogP contribution in [0.4, 0.5) is 0 Å². The molecule has 0 unspecified atom stereocenters. The van der Waals surface area contributed by atoms with Gasteiger partial charge in [0.2, 0.25) is 0 Å². The maximum atomic E-state index is 12.6. The summed E-state index contributed by atoms with van der Waals surface area (Å²) < 4.78 is 16.5. The van der Waals surface area contributed by atoms with Crippen LogP contribution in [0.3, 0.4) is 0 Å². The first-order chi connectivity index (χ1) is 17.6. The fraction of sp³-hybridized carbons (Fsp3) is 0.433. The van der Waals surface area contributed by atoms with E-state index in [1.54, 1.807) is 13.2 Å². The largest absolute Gasteiger partial charge is 0.497 e. The number of carbonyl (C=O) groups is 1. The van der Waals surface area contributed by atoms with Crippen LogP contribution in [0, 0.1) is 0 Å². The van der Waals surface area contributed by atoms with Crippen LogP contribution >= 0.6 is 0 Å². The molecule has 0 aromatic heterocycles. The first-order valence-electron chi connectivity index (χ1n) is 13.0. The van der Waals surface area contributed by atoms with E-state index in [4.69, 9.17) is 14.2 Å². The molecule has 1 aliphatic rings. The third kappa shape index (κ3) is 7.53. The van der Waals surface area contributed by atoms with Crippen molar-refractivity contribution in [2.75, 3.05) is 40.0 Å². The van der Waals surface area contributed by atoms with Crippen LogP contribution in [-0.4, -0.2) is 56.9 Å². The average molecular weight is 491 g/mol. The van der Waals surface area contributed by atoms with Crippen LogP contribution in [-0.2, 0) is 22.6 Å². The van der Waals surface area contributed by atoms with E-state index in [0.29, 0.717) is 31.1 Å². The Morgan fingerprint density at radius 3 is 2.44 bits per heavy atom. The first kappa shape index (κ1) is 26.1. The topological polar surface area (TPSA) is 60.0 Å². The van der Waals surface area contributed by atoms with E-state index in [-0.39, 0.29) is 11.9 Å². The number of hydrogen-bond donors (Lipinski definition) is 1. The summed E-state index contributed by atoms with van der Waals surface area (Å²) in [4.78, 5) is 15.1. The molecule has 1 fully saturated rings. The molecule has 4 rings (SSSR count). The predicted octanol–water partition coefficient (Wildman–Crippen LogP) is 5.19. The number of nitrogens with one attached hydrogen (secondary N) is 1. The summed E-state index contributed by atoms with van der Waals surface area (Å²) in [7, 11) is 1.61. The minimum absolute atomic E-state index is 0.0323. The van der Waals surface area contributed by atoms with Crippen LogP contribution in [0.2, 0.25) is 0 Å². The smallest absolute Gasteiger partial charge is 0.251 e. The van der Waals surface area contributed by atoms with E-state index in [1.165, 1.54) is 21.9 Å². The molecule has 0 radical (unpaired) electrons. The highest BCUT2D eigenvalue weighted by molar-refractivity contribution is 5.94. The van der Waals surface area contributed by atoms with Gasteiger partial charge in [-0.3, -0.25) is 9.69 Å². The Morgan fingerprint density at radius 1 is 0.917 bits per heavy atom. The molecule has 1 N–H and O–H groups in total. The maximum absolute atomic E-state index is 12.6. The summed E-state index contributed by atoms with van der Waals surface area (Å²) in [5.74, 6) is 0.666. The molecule has 1 saturated heterocycles. The zero-order valence-electron chi connectivity index (χ0n) is 21.5. The zero-order chi connectivity index (χ0) is 25.2. The minimum Gasteiger partial charge on any atom is -0.497 e. The van der Waals surface area contributed by atoms with Gasteiger partial charge in [0.15, 0.2) is 0 Å². The van der Waals surface area contributed by atoms with Crippen molar-refractivity contribution in [1.82, 2.24) is 10.2 Å². The van der Waals surface area contributed by atoms with Crippen LogP contribution < -0.4 is 10.1 Å². The number of nitrogens with zero attached hydrogens (tertiary/aromatic N) is 1. The summed E-state index contributed by atoms with van der Waals surface area (Å²) in [5, 5.41) is 5.68. The standard InChI is InChI=1S/C30H38N2O4/c1-3-15-35-16-17-36-22-24-8-10-25-9-7-23(18-27(25)19-24)21-32-13-11-28(12-14-32)31-30(33)26-5-4-6-29(20-26)34-2/h4-10,18-20,28H,3,11-17,21-22H2,1-2H3,(H,31,33). The lowest BCUT2D eigenvalue weighted by Gasteiger charge is -2.32. The third-order valence-corrected chi connectivity index (χ3v) is 6.62. The molecule has 6 heteroatoms. The van der Waals surface area contributed by atoms with E-state index >= 15 is 0 Å². The van der Waals surface area contributed by atoms with E-state index < -0.39 is 0 Å². The molecule has 0 aliphatic carbocycles. The molecule has 0 atom stereocenters. The van der Waals surface area contributed by atoms with Crippen molar-refractivity contribution in [1.29, 1.82) is 0 Å². The van der Waals surface area contributed by atoms with Gasteiger partial charge in [0, 0.05) is 37.8 Å². The highest BCUT2D eigenvalue weighted by Gasteiger charge is 2.21. The van der Waals surface area contributed by atoms with Crippen molar-refractivity contribution in [3.05, 3.63) is 77.4 Å². The number of fused-ring (bicyclic) bond motifs is 1. The second kappa shape index (κ2) is 13.4. The second-order valence-corrected chi connectivity index (χ2v) is 9.44. The number of ether oxygens (including phenoxy) is 3. The average Bonchev–Trinajstić information content (AvgIpc) is 2.91. The number of rotatable bonds is 12. The van der Waals surface area contributed by atoms with Gasteiger partial charge in [-0.1, -0.05) is 37.3 Å². The fourth-order valence-corrected chi connectivity index (χ4v) is 4.61. The Bertz CT molecular complexity index is 1120. The normalized spacial score (nSPS) is 14.7. The molecular formula is C30H38N2O4. The number of amides is 1. The lowest BCUT2D eigenvalue weighted by atomic mass is 10.0. The van der Waals surface area contributed by atoms with Gasteiger partial charge in [-0.15, -0.1) is 0 Å². The Hall–Kier alpha value is -2.93. The van der Waals surface area contributed by atoms with E-state index in [9.17, 15) is 4.79 Å². The second-order valence-electron chi connectivity index (χ2n) is 9.44. The monoisotopic (exact) mass is 490 g/mol. The van der Waals surface area contributed by atoms with Gasteiger partial charge >= 0.3 is 0 Å². The molecule has 6 nitrogen and oxygen atoms in total. The quantitative estimate of drug-likeness (QED) is 0.354. The van der Waals surface area contributed by atoms with E-state index in [1.807, 2.05) is 18.2 Å². The number of piperidine rings is 1. The Morgan fingerprint density at radius 2 is 1.67 bits per heavy atom. The van der Waals surface area contributed by atoms with Gasteiger partial charge in [0.05, 0.1) is 26.9 Å². The van der Waals surface area contributed by atoms with Crippen molar-refractivity contribution < 1.29 is 19.0 Å². The summed E-state index contributed by atoms with van der Waals surface area (Å²) in [5.41, 5.74) is 3.14. The number of hydrogen-bond acceptors (Lipinski definition) is 5. The van der Waals surface area contributed by atoms with Gasteiger partial charge < -0.3 is 19.5 Å². The summed E-state index contributed by atoms with van der Waals surface area (Å²) in [6, 6.07) is 20.8. The first-order valence-corrected chi connectivity index (χ1v) is 13.0. The summed E-state index contributed by atoms with van der Waals surface area (Å²) in [6.07, 6.45) is 2.94. The predicted molar refractivity (Wildman–Crippen MR) is 143 cm³/mol. The minimum atomic E-state index is -0.0323. The maximum Gasteiger partial charge on any atom is 0.251 e. The van der Waals surface area contributed by atoms with Crippen molar-refractivity contribution in [3.63, 3.8) is 0 Å². The number of benzene rings is 3. The third-order valence-electron chi connectivity index (χ3n) is 6.62. The van der Waals surface area contributed by atoms with Crippen LogP contribution in [0.5, 0.6) is 5.75 Å². The molecule has 0 bridgehead atoms. The number of methoxy groups -OCH3 is 1. The molecule has 3 aromatic carbocycles. The lowest BCUT2D eigenvalue weighted by Crippen LogP contribution is -2.44. The van der Waals surface area contributed by atoms with Crippen molar-refractivity contribution in [3.8, 4) is 5.75 Å². The van der Waals surface area contributed by atoms with Crippen molar-refractivity contribution in [2.45, 2.75) is 45.4 Å². The molecule has 1 heterocycles. The Kier molecular flexibility index (Phi) is 9.73. The highest BCUT2D eigenvalue weighted by atomic mass is 16.5. The van der Waals surface area contributed by atoms with Crippen LogP contribution in [0.1, 0.15) is 47.7 Å². The molecular weight excluding hydrogens is 452 g/mol. The highest BCUT2D eigenvalue weighted by Crippen LogP contribution is 2.21. The molecule has 1 aliphatic heterocycles. The Balaban J connectivity index is 1.25. The van der Waals surface area contributed by atoms with Gasteiger partial charge in [0.25, 0.3) is 5.91 Å². The zero-order valence-corrected chi connectivity index (χ0v) is 21.5. The molecule has 0 spiro atoms. The van der Waals surface area contributed by atoms with Gasteiger partial charge in [0.1, 0.15) is 5.75 Å². The van der Waals surface area contributed by atoms with Gasteiger partial charge in [-0.05, 0) is 71.5 Å². The number of likely N-dealkylation sites (tertiary alicyclic amines) is 1. The van der Waals surface area contributed by atoms with Crippen LogP contribution in [0.25, 0.3) is 10.8 Å². The van der Waals surface area contributed by atoms with Gasteiger partial charge in [-0.25, -0.2) is 0 Å². The van der Waals surface area contributed by atoms with Crippen molar-refractivity contribution >= 4 is 16.7 Å². The molecule has 36 heavy (non-hydrogen) atoms. The SMILES string of the molecule is CCCOCCOCc1ccc2ccc(CN3CCC(NC(=O)c4cccc(OC)c4)CC3)cc2c1. The molecule has 192 valence electrons. The van der Waals surface area contributed by atoms with E-state index in [0.717, 1.165) is 45.5 Å². The molecule has 1 amide bonds. The Labute approximate surface area is 214 Å². The van der Waals surface area contributed by atoms with Gasteiger partial charge in [-0.2, -0.15) is 0 Å².